The number of Topliss-reactive ketones (excluding diaryl/α,β-unsaturated/α-hetero) is 3. The predicted octanol–water partition coefficient (Wildman–Crippen LogP) is 5.73. The van der Waals surface area contributed by atoms with Gasteiger partial charge in [-0.05, 0) is 80.3 Å². The maximum Gasteiger partial charge on any atom is 0.347 e. The molecule has 2 heterocycles. The van der Waals surface area contributed by atoms with Gasteiger partial charge in [0.15, 0.2) is 11.9 Å². The summed E-state index contributed by atoms with van der Waals surface area (Å²) >= 11 is 6.38. The number of halogens is 1. The van der Waals surface area contributed by atoms with Crippen LogP contribution in [-0.4, -0.2) is 146 Å². The Labute approximate surface area is 504 Å². The summed E-state index contributed by atoms with van der Waals surface area (Å²) in [4.78, 5) is 134. The number of benzene rings is 2. The van der Waals surface area contributed by atoms with Crippen LogP contribution >= 0.6 is 11.6 Å². The van der Waals surface area contributed by atoms with Crippen molar-refractivity contribution in [2.75, 3.05) is 39.0 Å². The van der Waals surface area contributed by atoms with Crippen molar-refractivity contribution >= 4 is 80.5 Å². The number of epoxide rings is 1. The lowest BCUT2D eigenvalue weighted by Crippen LogP contribution is -2.51. The summed E-state index contributed by atoms with van der Waals surface area (Å²) in [7, 11) is -2.81. The number of hydrogen-bond acceptors (Lipinski definition) is 16. The highest BCUT2D eigenvalue weighted by molar-refractivity contribution is 7.85. The molecule has 1 fully saturated rings. The average Bonchev–Trinajstić information content (AvgIpc) is 3.33. The van der Waals surface area contributed by atoms with Crippen molar-refractivity contribution in [1.82, 2.24) is 26.2 Å². The fourth-order valence-electron chi connectivity index (χ4n) is 9.40. The van der Waals surface area contributed by atoms with Crippen LogP contribution in [-0.2, 0) is 85.1 Å². The third kappa shape index (κ3) is 24.0. The Morgan fingerprint density at radius 1 is 0.882 bits per heavy atom. The van der Waals surface area contributed by atoms with Gasteiger partial charge in [-0.25, -0.2) is 4.79 Å². The summed E-state index contributed by atoms with van der Waals surface area (Å²) in [6.07, 6.45) is 0.0662. The Kier molecular flexibility index (Phi) is 27.8. The molecular formula is C61H86ClN5O17S. The molecule has 2 aromatic rings. The summed E-state index contributed by atoms with van der Waals surface area (Å²) in [6.45, 7) is 15.0. The van der Waals surface area contributed by atoms with Gasteiger partial charge in [-0.3, -0.25) is 47.7 Å². The molecule has 0 aliphatic carbocycles. The fraction of sp³-hybridized carbons (Fsp3) is 0.607. The zero-order valence-electron chi connectivity index (χ0n) is 50.5. The van der Waals surface area contributed by atoms with E-state index in [-0.39, 0.29) is 126 Å². The lowest BCUT2D eigenvalue weighted by molar-refractivity contribution is -0.179. The second-order valence-electron chi connectivity index (χ2n) is 23.3. The summed E-state index contributed by atoms with van der Waals surface area (Å²) in [6, 6.07) is 10.6. The Morgan fingerprint density at radius 3 is 2.15 bits per heavy atom. The molecule has 0 spiro atoms. The normalized spacial score (nSPS) is 20.8. The van der Waals surface area contributed by atoms with E-state index in [1.54, 1.807) is 65.8 Å². The minimum absolute atomic E-state index is 0.0124. The zero-order valence-corrected chi connectivity index (χ0v) is 52.1. The fourth-order valence-corrected chi connectivity index (χ4v) is 10.0. The Morgan fingerprint density at radius 2 is 1.54 bits per heavy atom. The maximum absolute atomic E-state index is 14.0. The standard InChI is InChI=1S/C61H86ClN5O17S/c1-11-43(68)25-28-67(54(73)24-23-52(71)63-27-30-85(78,79)80)29-26-44(69)34-45(37(4)5)57(74)65-39(7)48(70)21-17-40-15-19-42(20-16-40)56-55(84-56)38(6)49-13-12-14-53(72)66-47(33-41-18-22-50(81-10)46(62)32-41)58(75)64-35-61(8,9)60(77)83-51(31-36(2)3)59(76)82-49/h12,14-16,18-20,22,32,36-39,45,47,49,51,55-56H,11,13,17,21,23-31,33-35H2,1-10H3,(H,63,71)(H,64,75)(H,65,74)(H,66,72)(H,78,79,80)/b14-12+/t38-,39-,45-,47+,49-,51-,55+,56+/m0/s1. The second kappa shape index (κ2) is 33.4. The number of carbonyl (C=O) groups is 10. The Bertz CT molecular complexity index is 2840. The largest absolute Gasteiger partial charge is 0.495 e. The van der Waals surface area contributed by atoms with Crippen LogP contribution in [0.1, 0.15) is 143 Å². The van der Waals surface area contributed by atoms with Crippen LogP contribution in [0.15, 0.2) is 54.6 Å². The summed E-state index contributed by atoms with van der Waals surface area (Å²) < 4.78 is 54.2. The molecule has 2 aliphatic rings. The van der Waals surface area contributed by atoms with Gasteiger partial charge in [0.25, 0.3) is 10.1 Å². The molecule has 24 heteroatoms. The van der Waals surface area contributed by atoms with Crippen LogP contribution < -0.4 is 26.0 Å². The van der Waals surface area contributed by atoms with Crippen LogP contribution in [0.5, 0.6) is 5.75 Å². The van der Waals surface area contributed by atoms with Crippen molar-refractivity contribution in [2.45, 2.75) is 169 Å². The highest BCUT2D eigenvalue weighted by atomic mass is 35.5. The van der Waals surface area contributed by atoms with Crippen LogP contribution in [0.3, 0.4) is 0 Å². The minimum Gasteiger partial charge on any atom is -0.495 e. The number of rotatable bonds is 30. The van der Waals surface area contributed by atoms with E-state index in [2.05, 4.69) is 21.3 Å². The molecule has 0 saturated carbocycles. The van der Waals surface area contributed by atoms with E-state index in [4.69, 9.17) is 35.1 Å². The van der Waals surface area contributed by atoms with Crippen LogP contribution in [0.2, 0.25) is 5.02 Å². The van der Waals surface area contributed by atoms with Crippen molar-refractivity contribution in [2.24, 2.45) is 29.1 Å². The van der Waals surface area contributed by atoms with Gasteiger partial charge >= 0.3 is 11.9 Å². The summed E-state index contributed by atoms with van der Waals surface area (Å²) in [5.41, 5.74) is 1.02. The summed E-state index contributed by atoms with van der Waals surface area (Å²) in [5.74, 6) is -6.73. The first-order valence-electron chi connectivity index (χ1n) is 29.0. The molecule has 5 amide bonds. The monoisotopic (exact) mass is 1230 g/mol. The van der Waals surface area contributed by atoms with E-state index < -0.39 is 105 Å². The molecule has 2 aliphatic heterocycles. The van der Waals surface area contributed by atoms with Crippen LogP contribution in [0.4, 0.5) is 0 Å². The van der Waals surface area contributed by atoms with E-state index >= 15 is 0 Å². The van der Waals surface area contributed by atoms with E-state index in [9.17, 15) is 56.4 Å². The highest BCUT2D eigenvalue weighted by Gasteiger charge is 2.48. The van der Waals surface area contributed by atoms with Gasteiger partial charge < -0.3 is 45.1 Å². The van der Waals surface area contributed by atoms with Crippen LogP contribution in [0.25, 0.3) is 0 Å². The number of ketones is 3. The third-order valence-electron chi connectivity index (χ3n) is 15.0. The number of nitrogens with zero attached hydrogens (tertiary/aromatic N) is 1. The minimum atomic E-state index is -4.29. The number of amides is 5. The van der Waals surface area contributed by atoms with E-state index in [0.717, 1.165) is 11.1 Å². The van der Waals surface area contributed by atoms with Crippen LogP contribution in [0, 0.1) is 29.1 Å². The molecule has 0 bridgehead atoms. The van der Waals surface area contributed by atoms with E-state index in [1.165, 1.54) is 18.1 Å². The average molecular weight is 1230 g/mol. The number of carbonyl (C=O) groups excluding carboxylic acids is 10. The van der Waals surface area contributed by atoms with Crippen molar-refractivity contribution in [3.05, 3.63) is 76.3 Å². The molecule has 8 atom stereocenters. The number of methoxy groups -OCH3 is 1. The Hall–Kier alpha value is -6.56. The number of ether oxygens (including phenoxy) is 4. The van der Waals surface area contributed by atoms with Gasteiger partial charge in [-0.15, -0.1) is 0 Å². The smallest absolute Gasteiger partial charge is 0.347 e. The number of esters is 2. The molecule has 470 valence electrons. The quantitative estimate of drug-likeness (QED) is 0.0354. The van der Waals surface area contributed by atoms with Gasteiger partial charge in [0.2, 0.25) is 29.5 Å². The molecule has 2 aromatic carbocycles. The summed E-state index contributed by atoms with van der Waals surface area (Å²) in [5, 5.41) is 10.9. The number of aryl methyl sites for hydroxylation is 1. The van der Waals surface area contributed by atoms with Gasteiger partial charge in [-0.1, -0.05) is 89.6 Å². The first-order valence-corrected chi connectivity index (χ1v) is 31.0. The molecule has 0 aromatic heterocycles. The zero-order chi connectivity index (χ0) is 63.3. The van der Waals surface area contributed by atoms with Crippen molar-refractivity contribution in [3.63, 3.8) is 0 Å². The Balaban J connectivity index is 1.37. The van der Waals surface area contributed by atoms with E-state index in [0.29, 0.717) is 22.8 Å². The molecule has 85 heavy (non-hydrogen) atoms. The van der Waals surface area contributed by atoms with Gasteiger partial charge in [0.05, 0.1) is 35.4 Å². The SMILES string of the molecule is CCC(=O)CCN(CCC(=O)C[C@H](C(=O)N[C@@H](C)C(=O)CCc1ccc([C@H]2O[C@@H]2[C@@H](C)[C@@H]2C/C=C/C(=O)N[C@H](Cc3ccc(OC)c(Cl)c3)C(=O)NCC(C)(C)C(=O)O[C@@H](CC(C)C)C(=O)O2)cc1)C(C)C)C(=O)CCC(=O)NCCS(=O)(=O)O. The van der Waals surface area contributed by atoms with E-state index in [1.807, 2.05) is 45.0 Å². The predicted molar refractivity (Wildman–Crippen MR) is 315 cm³/mol. The van der Waals surface area contributed by atoms with Crippen molar-refractivity contribution in [1.29, 1.82) is 0 Å². The first kappa shape index (κ1) is 70.9. The first-order chi connectivity index (χ1) is 39.9. The number of nitrogens with one attached hydrogen (secondary N) is 4. The van der Waals surface area contributed by atoms with Crippen molar-refractivity contribution in [3.8, 4) is 5.75 Å². The third-order valence-corrected chi connectivity index (χ3v) is 16.0. The molecule has 5 N–H and O–H groups in total. The molecular weight excluding hydrogens is 1140 g/mol. The maximum atomic E-state index is 14.0. The molecule has 1 saturated heterocycles. The van der Waals surface area contributed by atoms with Gasteiger partial charge in [-0.2, -0.15) is 8.42 Å². The molecule has 0 unspecified atom stereocenters. The van der Waals surface area contributed by atoms with Crippen molar-refractivity contribution < 1.29 is 79.9 Å². The molecule has 22 nitrogen and oxygen atoms in total. The molecule has 0 radical (unpaired) electrons. The highest BCUT2D eigenvalue weighted by Crippen LogP contribution is 2.45. The number of hydrogen-bond donors (Lipinski definition) is 5. The number of cyclic esters (lactones) is 2. The lowest BCUT2D eigenvalue weighted by Gasteiger charge is -2.29. The van der Waals surface area contributed by atoms with Gasteiger partial charge in [0.1, 0.15) is 35.6 Å². The topological polar surface area (TPSA) is 317 Å². The molecule has 4 rings (SSSR count). The lowest BCUT2D eigenvalue weighted by atomic mass is 9.88. The second-order valence-corrected chi connectivity index (χ2v) is 25.3. The van der Waals surface area contributed by atoms with Gasteiger partial charge in [0, 0.05) is 95.8 Å².